The maximum absolute atomic E-state index is 12.5. The molecule has 6 nitrogen and oxygen atoms in total. The molecule has 0 spiro atoms. The maximum Gasteiger partial charge on any atom is 0.338 e. The number of benzene rings is 1. The van der Waals surface area contributed by atoms with Crippen LogP contribution in [0.15, 0.2) is 39.8 Å². The fourth-order valence-electron chi connectivity index (χ4n) is 2.05. The van der Waals surface area contributed by atoms with Crippen molar-refractivity contribution < 1.29 is 22.7 Å². The van der Waals surface area contributed by atoms with Crippen molar-refractivity contribution in [3.63, 3.8) is 0 Å². The molecule has 0 radical (unpaired) electrons. The molecule has 0 saturated heterocycles. The minimum Gasteiger partial charge on any atom is -0.612 e. The third kappa shape index (κ3) is 4.93. The van der Waals surface area contributed by atoms with E-state index < -0.39 is 18.8 Å². The van der Waals surface area contributed by atoms with E-state index in [1.165, 1.54) is 0 Å². The van der Waals surface area contributed by atoms with Gasteiger partial charge in [0.15, 0.2) is 4.90 Å². The molecular weight excluding hydrogens is 337 g/mol. The van der Waals surface area contributed by atoms with Crippen LogP contribution in [0.2, 0.25) is 0 Å². The van der Waals surface area contributed by atoms with Gasteiger partial charge >= 0.3 is 7.60 Å². The molecule has 2 aromatic rings. The molecule has 0 aliphatic rings. The minimum atomic E-state index is -3.21. The summed E-state index contributed by atoms with van der Waals surface area (Å²) >= 11 is -1.02. The van der Waals surface area contributed by atoms with Gasteiger partial charge in [-0.15, -0.1) is 0 Å². The zero-order valence-corrected chi connectivity index (χ0v) is 15.1. The van der Waals surface area contributed by atoms with Gasteiger partial charge in [0.1, 0.15) is 23.9 Å². The first-order chi connectivity index (χ1) is 11.0. The summed E-state index contributed by atoms with van der Waals surface area (Å²) in [7, 11) is -3.21. The summed E-state index contributed by atoms with van der Waals surface area (Å²) in [5.74, 6) is 0.438. The van der Waals surface area contributed by atoms with E-state index in [0.29, 0.717) is 24.7 Å². The predicted octanol–water partition coefficient (Wildman–Crippen LogP) is 3.85. The van der Waals surface area contributed by atoms with Gasteiger partial charge in [-0.1, -0.05) is 5.16 Å². The first-order valence-electron chi connectivity index (χ1n) is 7.25. The highest BCUT2D eigenvalue weighted by Crippen LogP contribution is 2.51. The molecule has 8 heteroatoms. The van der Waals surface area contributed by atoms with Gasteiger partial charge in [0, 0.05) is 11.6 Å². The van der Waals surface area contributed by atoms with E-state index in [1.54, 1.807) is 38.3 Å². The molecular formula is C15H20NO5PS. The van der Waals surface area contributed by atoms with Gasteiger partial charge in [-0.3, -0.25) is 4.57 Å². The van der Waals surface area contributed by atoms with Crippen LogP contribution in [0.3, 0.4) is 0 Å². The van der Waals surface area contributed by atoms with Gasteiger partial charge in [0.2, 0.25) is 0 Å². The summed E-state index contributed by atoms with van der Waals surface area (Å²) in [5.41, 5.74) is 1.45. The molecule has 1 aromatic heterocycles. The Morgan fingerprint density at radius 3 is 2.35 bits per heavy atom. The Morgan fingerprint density at radius 1 is 1.22 bits per heavy atom. The van der Waals surface area contributed by atoms with Gasteiger partial charge in [-0.25, -0.2) is 0 Å². The molecule has 0 bridgehead atoms. The second-order valence-corrected chi connectivity index (χ2v) is 8.20. The third-order valence-electron chi connectivity index (χ3n) is 3.04. The highest BCUT2D eigenvalue weighted by molar-refractivity contribution is 7.90. The van der Waals surface area contributed by atoms with Crippen LogP contribution >= 0.6 is 7.60 Å². The van der Waals surface area contributed by atoms with Gasteiger partial charge in [0.25, 0.3) is 0 Å². The number of nitrogens with zero attached hydrogens (tertiary/aromatic N) is 1. The predicted molar refractivity (Wildman–Crippen MR) is 88.8 cm³/mol. The summed E-state index contributed by atoms with van der Waals surface area (Å²) in [6.45, 7) is 4.12. The van der Waals surface area contributed by atoms with Gasteiger partial charge in [-0.05, 0) is 49.3 Å². The van der Waals surface area contributed by atoms with Gasteiger partial charge < -0.3 is 18.1 Å². The fraction of sp³-hybridized carbons (Fsp3) is 0.400. The molecule has 126 valence electrons. The van der Waals surface area contributed by atoms with Crippen molar-refractivity contribution in [2.45, 2.75) is 24.9 Å². The van der Waals surface area contributed by atoms with E-state index in [9.17, 15) is 9.12 Å². The number of aromatic nitrogens is 1. The molecule has 0 aliphatic heterocycles. The summed E-state index contributed by atoms with van der Waals surface area (Å²) < 4.78 is 39.6. The van der Waals surface area contributed by atoms with Crippen molar-refractivity contribution in [2.24, 2.45) is 0 Å². The second-order valence-electron chi connectivity index (χ2n) is 4.76. The number of hydrogen-bond acceptors (Lipinski definition) is 6. The molecule has 1 heterocycles. The minimum absolute atomic E-state index is 0.0404. The number of hydrogen-bond donors (Lipinski definition) is 0. The van der Waals surface area contributed by atoms with Crippen LogP contribution in [0.1, 0.15) is 19.6 Å². The number of rotatable bonds is 8. The first-order valence-corrected chi connectivity index (χ1v) is 10.5. The monoisotopic (exact) mass is 357 g/mol. The van der Waals surface area contributed by atoms with E-state index in [-0.39, 0.29) is 6.16 Å². The van der Waals surface area contributed by atoms with E-state index in [2.05, 4.69) is 5.16 Å². The van der Waals surface area contributed by atoms with Crippen LogP contribution < -0.4 is 0 Å². The largest absolute Gasteiger partial charge is 0.612 e. The molecule has 1 atom stereocenters. The third-order valence-corrected chi connectivity index (χ3v) is 5.98. The van der Waals surface area contributed by atoms with E-state index in [4.69, 9.17) is 13.6 Å². The Labute approximate surface area is 138 Å². The Hall–Kier alpha value is -1.11. The average Bonchev–Trinajstić information content (AvgIpc) is 2.95. The molecule has 0 N–H and O–H groups in total. The smallest absolute Gasteiger partial charge is 0.338 e. The van der Waals surface area contributed by atoms with Crippen molar-refractivity contribution in [3.05, 3.63) is 36.1 Å². The topological polar surface area (TPSA) is 84.6 Å². The lowest BCUT2D eigenvalue weighted by molar-refractivity contribution is 0.216. The SMILES string of the molecule is CCOP(=O)(Cc1cc(-c2ccc([S+](C)[O-])cc2)no1)OCC. The lowest BCUT2D eigenvalue weighted by Gasteiger charge is -2.14. The standard InChI is InChI=1S/C15H20NO5PS/c1-4-19-22(17,20-5-2)11-13-10-15(16-21-13)12-6-8-14(9-7-12)23(3)18/h6-10H,4-5,11H2,1-3H3. The summed E-state index contributed by atoms with van der Waals surface area (Å²) in [6.07, 6.45) is 1.67. The van der Waals surface area contributed by atoms with E-state index in [1.807, 2.05) is 12.1 Å². The molecule has 0 fully saturated rings. The molecule has 0 amide bonds. The fourth-order valence-corrected chi connectivity index (χ4v) is 4.15. The molecule has 1 unspecified atom stereocenters. The Morgan fingerprint density at radius 2 is 1.83 bits per heavy atom. The van der Waals surface area contributed by atoms with E-state index >= 15 is 0 Å². The molecule has 0 saturated carbocycles. The Balaban J connectivity index is 2.15. The van der Waals surface area contributed by atoms with Crippen LogP contribution in [-0.2, 0) is 31.0 Å². The molecule has 1 aromatic carbocycles. The van der Waals surface area contributed by atoms with Crippen LogP contribution in [-0.4, -0.2) is 29.2 Å². The van der Waals surface area contributed by atoms with Crippen molar-refractivity contribution in [3.8, 4) is 11.3 Å². The average molecular weight is 357 g/mol. The van der Waals surface area contributed by atoms with Crippen molar-refractivity contribution in [1.82, 2.24) is 5.16 Å². The summed E-state index contributed by atoms with van der Waals surface area (Å²) in [4.78, 5) is 0.745. The van der Waals surface area contributed by atoms with Crippen LogP contribution in [0.5, 0.6) is 0 Å². The molecule has 23 heavy (non-hydrogen) atoms. The lowest BCUT2D eigenvalue weighted by atomic mass is 10.1. The summed E-state index contributed by atoms with van der Waals surface area (Å²) in [5, 5.41) is 3.98. The highest BCUT2D eigenvalue weighted by Gasteiger charge is 2.26. The van der Waals surface area contributed by atoms with Gasteiger partial charge in [0.05, 0.1) is 13.2 Å². The van der Waals surface area contributed by atoms with Crippen molar-refractivity contribution in [2.75, 3.05) is 19.5 Å². The quantitative estimate of drug-likeness (QED) is 0.527. The first kappa shape index (κ1) is 18.2. The maximum atomic E-state index is 12.5. The van der Waals surface area contributed by atoms with Crippen LogP contribution in [0, 0.1) is 0 Å². The zero-order chi connectivity index (χ0) is 16.9. The van der Waals surface area contributed by atoms with Crippen LogP contribution in [0.25, 0.3) is 11.3 Å². The molecule has 2 rings (SSSR count). The summed E-state index contributed by atoms with van der Waals surface area (Å²) in [6, 6.07) is 8.92. The Bertz CT molecular complexity index is 661. The zero-order valence-electron chi connectivity index (χ0n) is 13.4. The van der Waals surface area contributed by atoms with E-state index in [0.717, 1.165) is 10.5 Å². The highest BCUT2D eigenvalue weighted by atomic mass is 32.2. The second kappa shape index (κ2) is 8.13. The van der Waals surface area contributed by atoms with Crippen LogP contribution in [0.4, 0.5) is 0 Å². The van der Waals surface area contributed by atoms with Gasteiger partial charge in [-0.2, -0.15) is 0 Å². The molecule has 0 aliphatic carbocycles. The normalized spacial score (nSPS) is 13.2. The Kier molecular flexibility index (Phi) is 6.44. The lowest BCUT2D eigenvalue weighted by Crippen LogP contribution is -1.98. The van der Waals surface area contributed by atoms with Crippen molar-refractivity contribution >= 4 is 18.8 Å². The van der Waals surface area contributed by atoms with Crippen molar-refractivity contribution in [1.29, 1.82) is 0 Å².